The normalized spacial score (nSPS) is 17.1. The first-order valence-corrected chi connectivity index (χ1v) is 24.1. The van der Waals surface area contributed by atoms with Crippen LogP contribution in [0.15, 0.2) is 59.1 Å². The minimum absolute atomic E-state index is 0.0882. The SMILES string of the molecule is COc1ccc(CCc2nc3cc(-c4c(C)noc4C)ccc3n2C[C@H](C)N2CCN(C(=O)CCCCCCCCCNc3ccc4c(c3)C(=O)N(C3CCC(=O)NC3=O)C4=O)CC2)cc1Cl. The number of fused-ring (bicyclic) bond motifs is 2. The molecule has 3 aliphatic rings. The Morgan fingerprint density at radius 2 is 1.64 bits per heavy atom. The average Bonchev–Trinajstić information content (AvgIpc) is 3.93. The third kappa shape index (κ3) is 10.7. The Hall–Kier alpha value is -6.06. The van der Waals surface area contributed by atoms with Crippen molar-refractivity contribution in [3.8, 4) is 16.9 Å². The van der Waals surface area contributed by atoms with Crippen LogP contribution in [0.2, 0.25) is 5.02 Å². The highest BCUT2D eigenvalue weighted by Gasteiger charge is 2.44. The van der Waals surface area contributed by atoms with E-state index in [1.54, 1.807) is 25.3 Å². The predicted octanol–water partition coefficient (Wildman–Crippen LogP) is 7.92. The van der Waals surface area contributed by atoms with Gasteiger partial charge in [-0.3, -0.25) is 39.1 Å². The first kappa shape index (κ1) is 47.4. The molecule has 2 fully saturated rings. The zero-order valence-corrected chi connectivity index (χ0v) is 39.8. The topological polar surface area (TPSA) is 172 Å². The van der Waals surface area contributed by atoms with Crippen LogP contribution in [0.3, 0.4) is 0 Å². The second-order valence-corrected chi connectivity index (χ2v) is 18.5. The number of methoxy groups -OCH3 is 1. The highest BCUT2D eigenvalue weighted by molar-refractivity contribution is 6.32. The summed E-state index contributed by atoms with van der Waals surface area (Å²) in [6, 6.07) is 16.7. The van der Waals surface area contributed by atoms with E-state index in [4.69, 9.17) is 25.8 Å². The third-order valence-electron chi connectivity index (χ3n) is 13.6. The first-order valence-electron chi connectivity index (χ1n) is 23.8. The lowest BCUT2D eigenvalue weighted by atomic mass is 10.0. The van der Waals surface area contributed by atoms with Gasteiger partial charge in [0.15, 0.2) is 0 Å². The van der Waals surface area contributed by atoms with Crippen molar-refractivity contribution in [3.05, 3.63) is 93.6 Å². The van der Waals surface area contributed by atoms with E-state index in [-0.39, 0.29) is 35.9 Å². The molecule has 0 saturated carbocycles. The van der Waals surface area contributed by atoms with Crippen molar-refractivity contribution in [2.75, 3.05) is 45.2 Å². The molecule has 2 atom stereocenters. The third-order valence-corrected chi connectivity index (χ3v) is 13.9. The van der Waals surface area contributed by atoms with Crippen molar-refractivity contribution < 1.29 is 33.2 Å². The van der Waals surface area contributed by atoms with Crippen molar-refractivity contribution in [3.63, 3.8) is 0 Å². The number of amides is 5. The number of unbranched alkanes of at least 4 members (excludes halogenated alkanes) is 6. The molecule has 67 heavy (non-hydrogen) atoms. The maximum Gasteiger partial charge on any atom is 0.262 e. The van der Waals surface area contributed by atoms with Crippen molar-refractivity contribution >= 4 is 57.9 Å². The molecule has 0 spiro atoms. The molecule has 354 valence electrons. The van der Waals surface area contributed by atoms with Crippen LogP contribution in [0.25, 0.3) is 22.2 Å². The summed E-state index contributed by atoms with van der Waals surface area (Å²) in [6.07, 6.45) is 9.59. The molecule has 16 heteroatoms. The van der Waals surface area contributed by atoms with Gasteiger partial charge >= 0.3 is 0 Å². The number of aromatic nitrogens is 3. The average molecular weight is 934 g/mol. The van der Waals surface area contributed by atoms with Crippen LogP contribution in [-0.4, -0.2) is 111 Å². The number of ether oxygens (including phenoxy) is 1. The Balaban J connectivity index is 0.743. The Bertz CT molecular complexity index is 2630. The molecule has 5 heterocycles. The van der Waals surface area contributed by atoms with E-state index in [1.807, 2.05) is 30.9 Å². The van der Waals surface area contributed by atoms with E-state index in [0.29, 0.717) is 17.2 Å². The molecule has 2 N–H and O–H groups in total. The summed E-state index contributed by atoms with van der Waals surface area (Å²) >= 11 is 6.48. The molecule has 0 aliphatic carbocycles. The quantitative estimate of drug-likeness (QED) is 0.0574. The fraction of sp³-hybridized carbons (Fsp3) is 0.471. The van der Waals surface area contributed by atoms with Crippen LogP contribution >= 0.6 is 11.6 Å². The van der Waals surface area contributed by atoms with Gasteiger partial charge in [0, 0.05) is 75.8 Å². The molecule has 3 aromatic carbocycles. The summed E-state index contributed by atoms with van der Waals surface area (Å²) in [5.74, 6) is 0.690. The Labute approximate surface area is 396 Å². The molecular weight excluding hydrogens is 872 g/mol. The number of carbonyl (C=O) groups is 5. The van der Waals surface area contributed by atoms with Gasteiger partial charge in [-0.15, -0.1) is 0 Å². The zero-order valence-electron chi connectivity index (χ0n) is 39.0. The van der Waals surface area contributed by atoms with Gasteiger partial charge in [-0.05, 0) is 100 Å². The molecule has 0 radical (unpaired) electrons. The van der Waals surface area contributed by atoms with E-state index in [1.165, 1.54) is 0 Å². The minimum Gasteiger partial charge on any atom is -0.495 e. The number of carbonyl (C=O) groups excluding carboxylic acids is 5. The number of anilines is 1. The van der Waals surface area contributed by atoms with Gasteiger partial charge in [-0.1, -0.05) is 61.0 Å². The molecule has 8 rings (SSSR count). The summed E-state index contributed by atoms with van der Waals surface area (Å²) in [7, 11) is 1.62. The number of halogens is 1. The summed E-state index contributed by atoms with van der Waals surface area (Å²) < 4.78 is 13.2. The lowest BCUT2D eigenvalue weighted by Gasteiger charge is -2.38. The molecule has 1 unspecified atom stereocenters. The molecule has 2 saturated heterocycles. The number of benzene rings is 3. The highest BCUT2D eigenvalue weighted by Crippen LogP contribution is 2.32. The Morgan fingerprint density at radius 1 is 0.896 bits per heavy atom. The van der Waals surface area contributed by atoms with Gasteiger partial charge in [0.25, 0.3) is 11.8 Å². The molecule has 2 aromatic heterocycles. The van der Waals surface area contributed by atoms with Crippen LogP contribution in [0.4, 0.5) is 5.69 Å². The number of aryl methyl sites for hydroxylation is 4. The zero-order chi connectivity index (χ0) is 47.2. The second kappa shape index (κ2) is 21.3. The van der Waals surface area contributed by atoms with Crippen LogP contribution in [0.5, 0.6) is 5.75 Å². The van der Waals surface area contributed by atoms with Crippen molar-refractivity contribution in [2.24, 2.45) is 0 Å². The smallest absolute Gasteiger partial charge is 0.262 e. The number of piperazine rings is 1. The number of imidazole rings is 1. The van der Waals surface area contributed by atoms with E-state index in [2.05, 4.69) is 56.4 Å². The maximum absolute atomic E-state index is 13.3. The fourth-order valence-corrected chi connectivity index (χ4v) is 10.1. The number of hydrogen-bond donors (Lipinski definition) is 2. The van der Waals surface area contributed by atoms with E-state index >= 15 is 0 Å². The summed E-state index contributed by atoms with van der Waals surface area (Å²) in [5, 5.41) is 10.4. The number of nitrogens with zero attached hydrogens (tertiary/aromatic N) is 6. The number of rotatable bonds is 20. The predicted molar refractivity (Wildman–Crippen MR) is 256 cm³/mol. The second-order valence-electron chi connectivity index (χ2n) is 18.1. The monoisotopic (exact) mass is 932 g/mol. The lowest BCUT2D eigenvalue weighted by molar-refractivity contribution is -0.136. The fourth-order valence-electron chi connectivity index (χ4n) is 9.80. The molecule has 3 aliphatic heterocycles. The van der Waals surface area contributed by atoms with Crippen LogP contribution in [0.1, 0.15) is 115 Å². The van der Waals surface area contributed by atoms with Gasteiger partial charge in [0.05, 0.1) is 40.0 Å². The Morgan fingerprint density at radius 3 is 2.36 bits per heavy atom. The van der Waals surface area contributed by atoms with E-state index < -0.39 is 29.7 Å². The largest absolute Gasteiger partial charge is 0.495 e. The standard InChI is InChI=1S/C51H61ClN8O7/c1-32(31-59-42-18-15-36(48-33(2)56-67-34(48)3)29-41(42)54-45(59)21-14-35-13-20-44(66-4)40(52)28-35)57-24-26-58(27-25-57)47(62)12-10-8-6-5-7-9-11-23-53-37-16-17-38-39(30-37)51(65)60(50(38)64)43-19-22-46(61)55-49(43)63/h13,15-18,20,28-30,32,43,53H,5-12,14,19,21-27,31H2,1-4H3,(H,55,61,63)/t32-,43?/m0/s1. The number of piperidine rings is 1. The van der Waals surface area contributed by atoms with Crippen molar-refractivity contribution in [1.29, 1.82) is 0 Å². The summed E-state index contributed by atoms with van der Waals surface area (Å²) in [5.41, 5.74) is 7.34. The molecule has 5 aromatic rings. The van der Waals surface area contributed by atoms with Gasteiger partial charge in [-0.25, -0.2) is 4.98 Å². The van der Waals surface area contributed by atoms with E-state index in [9.17, 15) is 24.0 Å². The lowest BCUT2D eigenvalue weighted by Crippen LogP contribution is -2.54. The Kier molecular flexibility index (Phi) is 15.1. The molecule has 0 bridgehead atoms. The van der Waals surface area contributed by atoms with Gasteiger partial charge in [-0.2, -0.15) is 0 Å². The van der Waals surface area contributed by atoms with Gasteiger partial charge in [0.1, 0.15) is 23.4 Å². The summed E-state index contributed by atoms with van der Waals surface area (Å²) in [4.78, 5) is 74.0. The molecule has 15 nitrogen and oxygen atoms in total. The minimum atomic E-state index is -0.975. The number of nitrogens with one attached hydrogen (secondary N) is 2. The maximum atomic E-state index is 13.3. The molecular formula is C51H61ClN8O7. The van der Waals surface area contributed by atoms with Crippen molar-refractivity contribution in [2.45, 2.75) is 116 Å². The van der Waals surface area contributed by atoms with Crippen LogP contribution < -0.4 is 15.4 Å². The van der Waals surface area contributed by atoms with E-state index in [0.717, 1.165) is 153 Å². The number of imide groups is 2. The highest BCUT2D eigenvalue weighted by atomic mass is 35.5. The van der Waals surface area contributed by atoms with Gasteiger partial charge < -0.3 is 24.0 Å². The van der Waals surface area contributed by atoms with Crippen LogP contribution in [0, 0.1) is 13.8 Å². The summed E-state index contributed by atoms with van der Waals surface area (Å²) in [6.45, 7) is 10.8. The van der Waals surface area contributed by atoms with Gasteiger partial charge in [0.2, 0.25) is 17.7 Å². The van der Waals surface area contributed by atoms with Crippen molar-refractivity contribution in [1.82, 2.24) is 34.7 Å². The number of hydrogen-bond acceptors (Lipinski definition) is 11. The first-order chi connectivity index (χ1) is 32.4. The molecule has 5 amide bonds. The van der Waals surface area contributed by atoms with Crippen LogP contribution in [-0.2, 0) is 33.8 Å².